The second kappa shape index (κ2) is 7.12. The monoisotopic (exact) mass is 432 g/mol. The van der Waals surface area contributed by atoms with Crippen molar-refractivity contribution in [1.82, 2.24) is 4.72 Å². The molecule has 8 heteroatoms. The van der Waals surface area contributed by atoms with Crippen LogP contribution in [0.3, 0.4) is 0 Å². The molecule has 1 aromatic carbocycles. The molecular formula is C22H28N2O5S. The first kappa shape index (κ1) is 20.1. The molecule has 5 saturated carbocycles. The number of ketones is 1. The molecule has 0 saturated heterocycles. The van der Waals surface area contributed by atoms with Gasteiger partial charge in [0, 0.05) is 12.5 Å². The Balaban J connectivity index is 1.36. The number of Topliss-reactive ketones (excluding diaryl/α,β-unsaturated/α-hetero) is 1. The first-order valence-corrected chi connectivity index (χ1v) is 12.6. The zero-order valence-electron chi connectivity index (χ0n) is 17.0. The summed E-state index contributed by atoms with van der Waals surface area (Å²) in [6.45, 7) is 0. The fourth-order valence-corrected chi connectivity index (χ4v) is 8.51. The number of benzene rings is 1. The van der Waals surface area contributed by atoms with Crippen molar-refractivity contribution in [3.63, 3.8) is 0 Å². The third-order valence-corrected chi connectivity index (χ3v) is 9.85. The van der Waals surface area contributed by atoms with E-state index in [9.17, 15) is 23.3 Å². The number of nitro groups is 1. The zero-order chi connectivity index (χ0) is 21.1. The molecule has 30 heavy (non-hydrogen) atoms. The number of sulfonamides is 1. The summed E-state index contributed by atoms with van der Waals surface area (Å²) < 4.78 is 28.7. The van der Waals surface area contributed by atoms with Crippen molar-refractivity contribution in [3.8, 4) is 0 Å². The van der Waals surface area contributed by atoms with Gasteiger partial charge in [-0.05, 0) is 87.0 Å². The van der Waals surface area contributed by atoms with Crippen LogP contribution in [0.4, 0.5) is 5.69 Å². The number of hydrogen-bond donors (Lipinski definition) is 1. The summed E-state index contributed by atoms with van der Waals surface area (Å²) in [5.41, 5.74) is -1.56. The first-order valence-electron chi connectivity index (χ1n) is 11.1. The van der Waals surface area contributed by atoms with Gasteiger partial charge >= 0.3 is 0 Å². The third-order valence-electron chi connectivity index (χ3n) is 8.27. The maximum Gasteiger partial charge on any atom is 0.289 e. The fraction of sp³-hybridized carbons (Fsp3) is 0.682. The normalized spacial score (nSPS) is 33.8. The molecule has 4 bridgehead atoms. The molecule has 5 aliphatic carbocycles. The van der Waals surface area contributed by atoms with Crippen molar-refractivity contribution < 1.29 is 18.1 Å². The Morgan fingerprint density at radius 1 is 1.07 bits per heavy atom. The number of carbonyl (C=O) groups is 1. The Kier molecular flexibility index (Phi) is 4.78. The van der Waals surface area contributed by atoms with Crippen LogP contribution in [0.5, 0.6) is 0 Å². The summed E-state index contributed by atoms with van der Waals surface area (Å²) in [4.78, 5) is 23.6. The maximum atomic E-state index is 13.4. The highest BCUT2D eigenvalue weighted by Gasteiger charge is 2.52. The summed E-state index contributed by atoms with van der Waals surface area (Å²) in [5.74, 6) is 3.22. The van der Waals surface area contributed by atoms with E-state index in [1.54, 1.807) is 0 Å². The van der Waals surface area contributed by atoms with Crippen molar-refractivity contribution in [3.05, 3.63) is 34.4 Å². The highest BCUT2D eigenvalue weighted by Crippen LogP contribution is 2.57. The van der Waals surface area contributed by atoms with Crippen LogP contribution in [0, 0.1) is 39.7 Å². The van der Waals surface area contributed by atoms with Gasteiger partial charge in [0.15, 0.2) is 10.7 Å². The number of carbonyl (C=O) groups excluding carboxylic acids is 1. The molecule has 1 N–H and O–H groups in total. The van der Waals surface area contributed by atoms with E-state index in [0.29, 0.717) is 37.0 Å². The van der Waals surface area contributed by atoms with E-state index in [0.717, 1.165) is 18.3 Å². The van der Waals surface area contributed by atoms with Crippen LogP contribution in [0.25, 0.3) is 0 Å². The van der Waals surface area contributed by atoms with E-state index in [4.69, 9.17) is 0 Å². The molecule has 0 amide bonds. The lowest BCUT2D eigenvalue weighted by Crippen LogP contribution is -2.60. The zero-order valence-corrected chi connectivity index (χ0v) is 17.8. The number of nitrogens with one attached hydrogen (secondary N) is 1. The minimum Gasteiger partial charge on any atom is -0.298 e. The van der Waals surface area contributed by atoms with Crippen molar-refractivity contribution >= 4 is 21.5 Å². The molecule has 0 atom stereocenters. The molecule has 162 valence electrons. The number of hydrogen-bond acceptors (Lipinski definition) is 5. The second-order valence-electron chi connectivity index (χ2n) is 9.99. The average molecular weight is 433 g/mol. The summed E-state index contributed by atoms with van der Waals surface area (Å²) in [6, 6.07) is 5.31. The Labute approximate surface area is 176 Å². The molecule has 5 aliphatic rings. The van der Waals surface area contributed by atoms with Gasteiger partial charge in [-0.15, -0.1) is 0 Å². The van der Waals surface area contributed by atoms with E-state index in [1.807, 2.05) is 0 Å². The highest BCUT2D eigenvalue weighted by molar-refractivity contribution is 7.89. The maximum absolute atomic E-state index is 13.4. The lowest BCUT2D eigenvalue weighted by Gasteiger charge is -2.55. The molecule has 0 aromatic heterocycles. The quantitative estimate of drug-likeness (QED) is 0.521. The summed E-state index contributed by atoms with van der Waals surface area (Å²) in [5, 5.41) is 11.3. The molecule has 1 aromatic rings. The predicted molar refractivity (Wildman–Crippen MR) is 110 cm³/mol. The first-order chi connectivity index (χ1) is 14.3. The molecule has 0 spiro atoms. The fourth-order valence-electron chi connectivity index (χ4n) is 6.90. The Hall–Kier alpha value is -1.80. The van der Waals surface area contributed by atoms with Crippen LogP contribution in [-0.2, 0) is 14.8 Å². The van der Waals surface area contributed by atoms with Crippen LogP contribution in [-0.4, -0.2) is 24.7 Å². The van der Waals surface area contributed by atoms with Gasteiger partial charge < -0.3 is 0 Å². The van der Waals surface area contributed by atoms with Gasteiger partial charge in [-0.3, -0.25) is 14.9 Å². The van der Waals surface area contributed by atoms with Gasteiger partial charge in [0.25, 0.3) is 5.69 Å². The van der Waals surface area contributed by atoms with E-state index in [2.05, 4.69) is 4.72 Å². The standard InChI is InChI=1S/C22H28N2O5S/c25-21(13-18-16-9-14-8-15(11-16)12-17(18)10-14)22(6-3-7-22)23-30(28,29)20-5-2-1-4-19(20)24(26)27/h1-2,4-5,14-18,23H,3,6-13H2. The van der Waals surface area contributed by atoms with Crippen molar-refractivity contribution in [2.45, 2.75) is 68.2 Å². The third kappa shape index (κ3) is 3.28. The van der Waals surface area contributed by atoms with Crippen molar-refractivity contribution in [2.75, 3.05) is 0 Å². The summed E-state index contributed by atoms with van der Waals surface area (Å²) >= 11 is 0. The highest BCUT2D eigenvalue weighted by atomic mass is 32.2. The van der Waals surface area contributed by atoms with Gasteiger partial charge in [-0.2, -0.15) is 4.72 Å². The Bertz CT molecular complexity index is 957. The minimum atomic E-state index is -4.17. The largest absolute Gasteiger partial charge is 0.298 e. The van der Waals surface area contributed by atoms with Crippen LogP contribution < -0.4 is 4.72 Å². The van der Waals surface area contributed by atoms with Gasteiger partial charge in [0.05, 0.1) is 10.5 Å². The number of nitro benzene ring substituents is 1. The van der Waals surface area contributed by atoms with Crippen molar-refractivity contribution in [1.29, 1.82) is 0 Å². The van der Waals surface area contributed by atoms with Crippen LogP contribution >= 0.6 is 0 Å². The second-order valence-corrected chi connectivity index (χ2v) is 11.6. The molecule has 0 aliphatic heterocycles. The molecule has 6 rings (SSSR count). The molecule has 0 unspecified atom stereocenters. The van der Waals surface area contributed by atoms with E-state index in [1.165, 1.54) is 56.4 Å². The predicted octanol–water partition coefficient (Wildman–Crippen LogP) is 3.83. The Morgan fingerprint density at radius 2 is 1.67 bits per heavy atom. The lowest BCUT2D eigenvalue weighted by atomic mass is 9.50. The number of nitrogens with zero attached hydrogens (tertiary/aromatic N) is 1. The van der Waals surface area contributed by atoms with Gasteiger partial charge in [-0.1, -0.05) is 12.1 Å². The van der Waals surface area contributed by atoms with Crippen molar-refractivity contribution in [2.24, 2.45) is 29.6 Å². The van der Waals surface area contributed by atoms with Gasteiger partial charge in [0.2, 0.25) is 10.0 Å². The van der Waals surface area contributed by atoms with E-state index in [-0.39, 0.29) is 10.7 Å². The SMILES string of the molecule is O=C(CC1C2CC3CC(C2)CC1C3)C1(NS(=O)(=O)c2ccccc2[N+](=O)[O-])CCC1. The lowest BCUT2D eigenvalue weighted by molar-refractivity contribution is -0.387. The topological polar surface area (TPSA) is 106 Å². The number of rotatable bonds is 7. The molecule has 0 radical (unpaired) electrons. The van der Waals surface area contributed by atoms with Crippen LogP contribution in [0.1, 0.15) is 57.8 Å². The van der Waals surface area contributed by atoms with Crippen LogP contribution in [0.15, 0.2) is 29.2 Å². The Morgan fingerprint density at radius 3 is 2.20 bits per heavy atom. The van der Waals surface area contributed by atoms with Gasteiger partial charge in [-0.25, -0.2) is 8.42 Å². The van der Waals surface area contributed by atoms with E-state index < -0.39 is 26.2 Å². The summed E-state index contributed by atoms with van der Waals surface area (Å²) in [7, 11) is -4.17. The number of para-hydroxylation sites is 1. The van der Waals surface area contributed by atoms with Gasteiger partial charge in [0.1, 0.15) is 0 Å². The summed E-state index contributed by atoms with van der Waals surface area (Å²) in [6.07, 6.45) is 8.41. The minimum absolute atomic E-state index is 0.0200. The molecule has 0 heterocycles. The van der Waals surface area contributed by atoms with Crippen LogP contribution in [0.2, 0.25) is 0 Å². The molecule has 5 fully saturated rings. The van der Waals surface area contributed by atoms with E-state index >= 15 is 0 Å². The molecular weight excluding hydrogens is 404 g/mol. The smallest absolute Gasteiger partial charge is 0.289 e. The average Bonchev–Trinajstić information content (AvgIpc) is 2.67. The molecule has 7 nitrogen and oxygen atoms in total.